The molecule has 0 fully saturated rings. The van der Waals surface area contributed by atoms with Crippen LogP contribution < -0.4 is 5.32 Å². The Morgan fingerprint density at radius 2 is 2.05 bits per heavy atom. The molecule has 108 valence electrons. The Morgan fingerprint density at radius 1 is 1.29 bits per heavy atom. The van der Waals surface area contributed by atoms with Crippen LogP contribution in [0.4, 0.5) is 15.9 Å². The highest BCUT2D eigenvalue weighted by atomic mass is 79.9. The summed E-state index contributed by atoms with van der Waals surface area (Å²) in [5, 5.41) is 20.4. The zero-order valence-electron chi connectivity index (χ0n) is 11.7. The highest BCUT2D eigenvalue weighted by Gasteiger charge is 2.15. The van der Waals surface area contributed by atoms with Crippen LogP contribution in [0, 0.1) is 17.1 Å². The molecule has 1 aromatic carbocycles. The van der Waals surface area contributed by atoms with Crippen LogP contribution in [0.3, 0.4) is 0 Å². The molecule has 0 spiro atoms. The number of aryl methyl sites for hydroxylation is 1. The first-order chi connectivity index (χ1) is 10.1. The van der Waals surface area contributed by atoms with Crippen molar-refractivity contribution in [2.24, 2.45) is 0 Å². The van der Waals surface area contributed by atoms with E-state index in [9.17, 15) is 9.65 Å². The fourth-order valence-corrected chi connectivity index (χ4v) is 2.46. The van der Waals surface area contributed by atoms with E-state index in [0.29, 0.717) is 18.4 Å². The third-order valence-corrected chi connectivity index (χ3v) is 3.63. The molecule has 4 nitrogen and oxygen atoms in total. The second kappa shape index (κ2) is 6.64. The maximum absolute atomic E-state index is 13.8. The summed E-state index contributed by atoms with van der Waals surface area (Å²) in [4.78, 5) is 0. The normalized spacial score (nSPS) is 10.2. The zero-order valence-corrected chi connectivity index (χ0v) is 13.3. The van der Waals surface area contributed by atoms with Crippen LogP contribution in [0.15, 0.2) is 22.7 Å². The number of halogens is 2. The molecule has 0 aliphatic heterocycles. The van der Waals surface area contributed by atoms with Crippen molar-refractivity contribution in [3.63, 3.8) is 0 Å². The Hall–Kier alpha value is -2.00. The van der Waals surface area contributed by atoms with Gasteiger partial charge in [-0.15, -0.1) is 5.10 Å². The molecule has 0 radical (unpaired) electrons. The van der Waals surface area contributed by atoms with E-state index in [1.54, 1.807) is 12.1 Å². The average molecular weight is 349 g/mol. The lowest BCUT2D eigenvalue weighted by Gasteiger charge is -2.12. The van der Waals surface area contributed by atoms with Crippen LogP contribution in [0.25, 0.3) is 0 Å². The minimum absolute atomic E-state index is 0.251. The van der Waals surface area contributed by atoms with E-state index in [1.165, 1.54) is 6.07 Å². The molecule has 2 aromatic rings. The Bertz CT molecular complexity index is 710. The van der Waals surface area contributed by atoms with Gasteiger partial charge in [-0.1, -0.05) is 29.8 Å². The van der Waals surface area contributed by atoms with E-state index < -0.39 is 5.82 Å². The number of nitriles is 1. The lowest BCUT2D eigenvalue weighted by Crippen LogP contribution is -2.08. The van der Waals surface area contributed by atoms with Crippen LogP contribution in [0.1, 0.15) is 30.7 Å². The molecule has 0 bridgehead atoms. The zero-order chi connectivity index (χ0) is 15.4. The van der Waals surface area contributed by atoms with Gasteiger partial charge in [0, 0.05) is 4.47 Å². The third kappa shape index (κ3) is 3.19. The molecular weight excluding hydrogens is 335 g/mol. The maximum atomic E-state index is 13.8. The van der Waals surface area contributed by atoms with Gasteiger partial charge in [-0.25, -0.2) is 4.39 Å². The number of hydrogen-bond donors (Lipinski definition) is 1. The minimum atomic E-state index is -0.415. The smallest absolute Gasteiger partial charge is 0.171 e. The van der Waals surface area contributed by atoms with Gasteiger partial charge >= 0.3 is 0 Å². The van der Waals surface area contributed by atoms with Crippen molar-refractivity contribution < 1.29 is 4.39 Å². The molecule has 0 aliphatic rings. The molecule has 6 heteroatoms. The van der Waals surface area contributed by atoms with Crippen molar-refractivity contribution in [2.45, 2.75) is 26.7 Å². The van der Waals surface area contributed by atoms with Crippen molar-refractivity contribution in [3.05, 3.63) is 45.3 Å². The molecule has 1 aromatic heterocycles. The first-order valence-corrected chi connectivity index (χ1v) is 7.40. The summed E-state index contributed by atoms with van der Waals surface area (Å²) in [5.41, 5.74) is 2.33. The fraction of sp³-hybridized carbons (Fsp3) is 0.267. The van der Waals surface area contributed by atoms with E-state index >= 15 is 0 Å². The number of anilines is 2. The van der Waals surface area contributed by atoms with Crippen molar-refractivity contribution in [1.82, 2.24) is 10.2 Å². The predicted molar refractivity (Wildman–Crippen MR) is 82.9 cm³/mol. The second-order valence-corrected chi connectivity index (χ2v) is 5.33. The summed E-state index contributed by atoms with van der Waals surface area (Å²) in [7, 11) is 0. The third-order valence-electron chi connectivity index (χ3n) is 3.14. The van der Waals surface area contributed by atoms with E-state index in [2.05, 4.69) is 37.5 Å². The summed E-state index contributed by atoms with van der Waals surface area (Å²) in [5.74, 6) is -0.134. The molecule has 0 unspecified atom stereocenters. The topological polar surface area (TPSA) is 61.6 Å². The molecule has 0 saturated heterocycles. The van der Waals surface area contributed by atoms with Crippen molar-refractivity contribution in [2.75, 3.05) is 5.32 Å². The monoisotopic (exact) mass is 348 g/mol. The van der Waals surface area contributed by atoms with Crippen LogP contribution >= 0.6 is 15.9 Å². The summed E-state index contributed by atoms with van der Waals surface area (Å²) in [6.07, 6.45) is 1.38. The predicted octanol–water partition coefficient (Wildman–Crippen LogP) is 4.12. The summed E-state index contributed by atoms with van der Waals surface area (Å²) >= 11 is 3.29. The Balaban J connectivity index is 2.50. The first kappa shape index (κ1) is 15.4. The highest BCUT2D eigenvalue weighted by Crippen LogP contribution is 2.26. The number of nitrogens with zero attached hydrogens (tertiary/aromatic N) is 3. The number of nitrogens with one attached hydrogen (secondary N) is 1. The lowest BCUT2D eigenvalue weighted by atomic mass is 10.0. The SMILES string of the molecule is CCc1nnc(Nc2cc(Br)ccc2F)c(C#N)c1CC. The Labute approximate surface area is 131 Å². The van der Waals surface area contributed by atoms with E-state index in [-0.39, 0.29) is 11.5 Å². The molecule has 1 N–H and O–H groups in total. The molecule has 0 atom stereocenters. The quantitative estimate of drug-likeness (QED) is 0.902. The summed E-state index contributed by atoms with van der Waals surface area (Å²) in [6, 6.07) is 6.69. The fourth-order valence-electron chi connectivity index (χ4n) is 2.10. The van der Waals surface area contributed by atoms with E-state index in [0.717, 1.165) is 15.7 Å². The molecular formula is C15H14BrFN4. The van der Waals surface area contributed by atoms with Crippen LogP contribution in [-0.4, -0.2) is 10.2 Å². The lowest BCUT2D eigenvalue weighted by molar-refractivity contribution is 0.631. The molecule has 21 heavy (non-hydrogen) atoms. The van der Waals surface area contributed by atoms with Crippen LogP contribution in [0.5, 0.6) is 0 Å². The van der Waals surface area contributed by atoms with E-state index in [4.69, 9.17) is 0 Å². The average Bonchev–Trinajstić information content (AvgIpc) is 2.50. The van der Waals surface area contributed by atoms with Gasteiger partial charge in [-0.2, -0.15) is 10.4 Å². The number of aromatic nitrogens is 2. The van der Waals surface area contributed by atoms with Crippen molar-refractivity contribution >= 4 is 27.4 Å². The Kier molecular flexibility index (Phi) is 4.86. The first-order valence-electron chi connectivity index (χ1n) is 6.61. The highest BCUT2D eigenvalue weighted by molar-refractivity contribution is 9.10. The standard InChI is InChI=1S/C15H14BrFN4/c1-3-10-11(8-18)15(21-20-13(10)4-2)19-14-7-9(16)5-6-12(14)17/h5-7H,3-4H2,1-2H3,(H,19,21). The second-order valence-electron chi connectivity index (χ2n) is 4.42. The Morgan fingerprint density at radius 3 is 2.67 bits per heavy atom. The maximum Gasteiger partial charge on any atom is 0.171 e. The van der Waals surface area contributed by atoms with E-state index in [1.807, 2.05) is 13.8 Å². The molecule has 0 aliphatic carbocycles. The van der Waals surface area contributed by atoms with Crippen molar-refractivity contribution in [1.29, 1.82) is 5.26 Å². The molecule has 0 amide bonds. The van der Waals surface area contributed by atoms with Gasteiger partial charge in [0.05, 0.1) is 11.4 Å². The largest absolute Gasteiger partial charge is 0.335 e. The van der Waals surface area contributed by atoms with Gasteiger partial charge in [0.25, 0.3) is 0 Å². The molecule has 1 heterocycles. The minimum Gasteiger partial charge on any atom is -0.335 e. The molecule has 0 saturated carbocycles. The summed E-state index contributed by atoms with van der Waals surface area (Å²) in [6.45, 7) is 3.92. The van der Waals surface area contributed by atoms with Crippen LogP contribution in [0.2, 0.25) is 0 Å². The number of benzene rings is 1. The van der Waals surface area contributed by atoms with Gasteiger partial charge in [0.2, 0.25) is 0 Å². The number of hydrogen-bond acceptors (Lipinski definition) is 4. The van der Waals surface area contributed by atoms with Crippen LogP contribution in [-0.2, 0) is 12.8 Å². The van der Waals surface area contributed by atoms with Gasteiger partial charge in [0.15, 0.2) is 5.82 Å². The number of rotatable bonds is 4. The summed E-state index contributed by atoms with van der Waals surface area (Å²) < 4.78 is 14.5. The van der Waals surface area contributed by atoms with Gasteiger partial charge < -0.3 is 5.32 Å². The van der Waals surface area contributed by atoms with Gasteiger partial charge in [-0.3, -0.25) is 0 Å². The van der Waals surface area contributed by atoms with Gasteiger partial charge in [-0.05, 0) is 36.6 Å². The van der Waals surface area contributed by atoms with Crippen molar-refractivity contribution in [3.8, 4) is 6.07 Å². The molecule has 2 rings (SSSR count). The van der Waals surface area contributed by atoms with Gasteiger partial charge in [0.1, 0.15) is 17.4 Å².